The van der Waals surface area contributed by atoms with Crippen LogP contribution in [-0.4, -0.2) is 11.7 Å². The van der Waals surface area contributed by atoms with E-state index in [1.165, 1.54) is 11.1 Å². The minimum Gasteiger partial charge on any atom is -0.443 e. The molecule has 1 unspecified atom stereocenters. The Morgan fingerprint density at radius 3 is 2.43 bits per heavy atom. The highest BCUT2D eigenvalue weighted by Gasteiger charge is 2.36. The molecule has 2 aromatic rings. The Kier molecular flexibility index (Phi) is 6.11. The van der Waals surface area contributed by atoms with E-state index in [4.69, 9.17) is 16.3 Å². The van der Waals surface area contributed by atoms with E-state index in [2.05, 4.69) is 41.9 Å². The first-order valence-corrected chi connectivity index (χ1v) is 10.8. The number of nitrogens with zero attached hydrogens (tertiary/aromatic N) is 1. The summed E-state index contributed by atoms with van der Waals surface area (Å²) in [5, 5.41) is 0.687. The summed E-state index contributed by atoms with van der Waals surface area (Å²) in [6.45, 7) is 10.0. The number of anilines is 1. The molecule has 1 aliphatic rings. The Morgan fingerprint density at radius 1 is 1.21 bits per heavy atom. The van der Waals surface area contributed by atoms with E-state index in [1.807, 2.05) is 49.9 Å². The zero-order valence-corrected chi connectivity index (χ0v) is 19.4. The molecule has 1 atom stereocenters. The first-order chi connectivity index (χ1) is 13.1. The van der Waals surface area contributed by atoms with Gasteiger partial charge < -0.3 is 4.74 Å². The highest BCUT2D eigenvalue weighted by Crippen LogP contribution is 2.45. The lowest BCUT2D eigenvalue weighted by Gasteiger charge is -2.39. The topological polar surface area (TPSA) is 29.5 Å². The third-order valence-electron chi connectivity index (χ3n) is 4.92. The summed E-state index contributed by atoms with van der Waals surface area (Å²) < 4.78 is 6.71. The van der Waals surface area contributed by atoms with Gasteiger partial charge in [0.05, 0.1) is 11.7 Å². The second-order valence-electron chi connectivity index (χ2n) is 8.62. The van der Waals surface area contributed by atoms with Gasteiger partial charge >= 0.3 is 6.09 Å². The molecule has 0 aromatic heterocycles. The number of carbonyl (C=O) groups excluding carboxylic acids is 1. The predicted molar refractivity (Wildman–Crippen MR) is 119 cm³/mol. The molecule has 3 rings (SSSR count). The van der Waals surface area contributed by atoms with Gasteiger partial charge in [-0.2, -0.15) is 0 Å². The van der Waals surface area contributed by atoms with Crippen molar-refractivity contribution in [2.45, 2.75) is 65.0 Å². The van der Waals surface area contributed by atoms with E-state index < -0.39 is 5.60 Å². The van der Waals surface area contributed by atoms with E-state index in [-0.39, 0.29) is 12.1 Å². The second-order valence-corrected chi connectivity index (χ2v) is 9.91. The zero-order chi connectivity index (χ0) is 20.6. The van der Waals surface area contributed by atoms with Crippen LogP contribution in [0, 0.1) is 0 Å². The number of hydrogen-bond acceptors (Lipinski definition) is 2. The summed E-state index contributed by atoms with van der Waals surface area (Å²) in [6, 6.07) is 12.0. The smallest absolute Gasteiger partial charge is 0.415 e. The molecule has 0 radical (unpaired) electrons. The van der Waals surface area contributed by atoms with Gasteiger partial charge in [-0.25, -0.2) is 4.79 Å². The van der Waals surface area contributed by atoms with Crippen molar-refractivity contribution < 1.29 is 9.53 Å². The summed E-state index contributed by atoms with van der Waals surface area (Å²) in [5.41, 5.74) is 3.84. The van der Waals surface area contributed by atoms with Crippen LogP contribution in [0.1, 0.15) is 69.7 Å². The lowest BCUT2D eigenvalue weighted by molar-refractivity contribution is 0.0559. The van der Waals surface area contributed by atoms with Crippen LogP contribution in [0.25, 0.3) is 0 Å². The second kappa shape index (κ2) is 8.08. The molecule has 0 saturated carbocycles. The summed E-state index contributed by atoms with van der Waals surface area (Å²) >= 11 is 9.81. The summed E-state index contributed by atoms with van der Waals surface area (Å²) in [6.07, 6.45) is 1.41. The van der Waals surface area contributed by atoms with Crippen molar-refractivity contribution in [3.8, 4) is 0 Å². The lowest BCUT2D eigenvalue weighted by Crippen LogP contribution is -2.42. The number of hydrogen-bond donors (Lipinski definition) is 0. The third kappa shape index (κ3) is 4.55. The van der Waals surface area contributed by atoms with Gasteiger partial charge in [-0.05, 0) is 90.4 Å². The molecule has 3 nitrogen and oxygen atoms in total. The quantitative estimate of drug-likeness (QED) is 0.456. The number of ether oxygens (including phenoxy) is 1. The lowest BCUT2D eigenvalue weighted by atomic mass is 9.89. The van der Waals surface area contributed by atoms with Crippen molar-refractivity contribution >= 4 is 39.3 Å². The zero-order valence-electron chi connectivity index (χ0n) is 17.1. The first-order valence-electron chi connectivity index (χ1n) is 9.67. The van der Waals surface area contributed by atoms with Crippen LogP contribution in [0.2, 0.25) is 5.02 Å². The van der Waals surface area contributed by atoms with Gasteiger partial charge in [-0.3, -0.25) is 4.90 Å². The monoisotopic (exact) mass is 463 g/mol. The van der Waals surface area contributed by atoms with Crippen LogP contribution in [0.15, 0.2) is 40.9 Å². The van der Waals surface area contributed by atoms with Crippen molar-refractivity contribution in [2.75, 3.05) is 4.90 Å². The minimum absolute atomic E-state index is 0.0965. The summed E-state index contributed by atoms with van der Waals surface area (Å²) in [5.74, 6) is 0.422. The standard InChI is InChI=1S/C23H27BrClNO2/c1-14(2)17-12-16-8-11-20(15-6-9-18(25)10-7-15)26(21(16)19(24)13-17)22(27)28-23(3,4)5/h6-7,9-10,12-14,20H,8,11H2,1-5H3. The number of benzene rings is 2. The number of halogens is 2. The normalized spacial score (nSPS) is 16.9. The van der Waals surface area contributed by atoms with Crippen LogP contribution >= 0.6 is 27.5 Å². The van der Waals surface area contributed by atoms with Gasteiger partial charge in [0.15, 0.2) is 0 Å². The van der Waals surface area contributed by atoms with E-state index >= 15 is 0 Å². The Bertz CT molecular complexity index is 871. The fourth-order valence-electron chi connectivity index (χ4n) is 3.58. The Hall–Kier alpha value is -1.52. The van der Waals surface area contributed by atoms with Gasteiger partial charge in [-0.15, -0.1) is 0 Å². The molecule has 1 aliphatic heterocycles. The van der Waals surface area contributed by atoms with Crippen LogP contribution in [0.5, 0.6) is 0 Å². The molecule has 150 valence electrons. The van der Waals surface area contributed by atoms with Crippen molar-refractivity contribution in [3.05, 3.63) is 62.6 Å². The first kappa shape index (κ1) is 21.2. The molecule has 0 N–H and O–H groups in total. The van der Waals surface area contributed by atoms with Gasteiger partial charge in [0.1, 0.15) is 5.60 Å². The molecule has 0 saturated heterocycles. The van der Waals surface area contributed by atoms with Crippen LogP contribution in [0.4, 0.5) is 10.5 Å². The summed E-state index contributed by atoms with van der Waals surface area (Å²) in [7, 11) is 0. The van der Waals surface area contributed by atoms with Crippen molar-refractivity contribution in [1.29, 1.82) is 0 Å². The molecule has 0 aliphatic carbocycles. The molecule has 0 spiro atoms. The molecule has 5 heteroatoms. The number of rotatable bonds is 2. The van der Waals surface area contributed by atoms with Crippen molar-refractivity contribution in [3.63, 3.8) is 0 Å². The molecule has 0 fully saturated rings. The molecule has 2 aromatic carbocycles. The number of aryl methyl sites for hydroxylation is 1. The van der Waals surface area contributed by atoms with Crippen LogP contribution < -0.4 is 4.90 Å². The van der Waals surface area contributed by atoms with Gasteiger partial charge in [-0.1, -0.05) is 43.6 Å². The van der Waals surface area contributed by atoms with Crippen molar-refractivity contribution in [2.24, 2.45) is 0 Å². The minimum atomic E-state index is -0.566. The Balaban J connectivity index is 2.11. The predicted octanol–water partition coefficient (Wildman–Crippen LogP) is 7.65. The fourth-order valence-corrected chi connectivity index (χ4v) is 4.42. The third-order valence-corrected chi connectivity index (χ3v) is 5.77. The fraction of sp³-hybridized carbons (Fsp3) is 0.435. The Labute approximate surface area is 181 Å². The van der Waals surface area contributed by atoms with E-state index in [0.29, 0.717) is 10.9 Å². The number of amides is 1. The molecular weight excluding hydrogens is 438 g/mol. The Morgan fingerprint density at radius 2 is 1.86 bits per heavy atom. The average molecular weight is 465 g/mol. The molecule has 1 amide bonds. The summed E-state index contributed by atoms with van der Waals surface area (Å²) in [4.78, 5) is 15.1. The van der Waals surface area contributed by atoms with Gasteiger partial charge in [0.2, 0.25) is 0 Å². The SMILES string of the molecule is CC(C)c1cc(Br)c2c(c1)CCC(c1ccc(Cl)cc1)N2C(=O)OC(C)(C)C. The van der Waals surface area contributed by atoms with Crippen LogP contribution in [-0.2, 0) is 11.2 Å². The van der Waals surface area contributed by atoms with Crippen LogP contribution in [0.3, 0.4) is 0 Å². The molecule has 0 bridgehead atoms. The van der Waals surface area contributed by atoms with E-state index in [9.17, 15) is 4.79 Å². The van der Waals surface area contributed by atoms with E-state index in [0.717, 1.165) is 28.6 Å². The highest BCUT2D eigenvalue weighted by molar-refractivity contribution is 9.10. The van der Waals surface area contributed by atoms with E-state index in [1.54, 1.807) is 0 Å². The van der Waals surface area contributed by atoms with Gasteiger partial charge in [0.25, 0.3) is 0 Å². The number of fused-ring (bicyclic) bond motifs is 1. The maximum Gasteiger partial charge on any atom is 0.415 e. The van der Waals surface area contributed by atoms with Crippen molar-refractivity contribution in [1.82, 2.24) is 0 Å². The molecular formula is C23H27BrClNO2. The largest absolute Gasteiger partial charge is 0.443 e. The molecule has 28 heavy (non-hydrogen) atoms. The van der Waals surface area contributed by atoms with Gasteiger partial charge in [0, 0.05) is 9.50 Å². The number of carbonyl (C=O) groups is 1. The molecule has 1 heterocycles. The maximum absolute atomic E-state index is 13.3. The maximum atomic E-state index is 13.3. The average Bonchev–Trinajstić information content (AvgIpc) is 2.59. The highest BCUT2D eigenvalue weighted by atomic mass is 79.9.